The van der Waals surface area contributed by atoms with E-state index in [0.717, 1.165) is 6.42 Å². The molecule has 0 nitrogen and oxygen atoms in total. The van der Waals surface area contributed by atoms with Crippen molar-refractivity contribution in [2.24, 2.45) is 0 Å². The van der Waals surface area contributed by atoms with Gasteiger partial charge < -0.3 is 24.8 Å². The predicted octanol–water partition coefficient (Wildman–Crippen LogP) is 0.922. The van der Waals surface area contributed by atoms with Gasteiger partial charge in [-0.15, -0.1) is 46.2 Å². The molecule has 1 fully saturated rings. The fraction of sp³-hybridized carbons (Fsp3) is 0.280. The van der Waals surface area contributed by atoms with Gasteiger partial charge in [-0.1, -0.05) is 35.4 Å². The van der Waals surface area contributed by atoms with Crippen LogP contribution in [0.25, 0.3) is 21.5 Å². The molecule has 0 radical (unpaired) electrons. The third-order valence-electron chi connectivity index (χ3n) is 4.81. The molecular formula is C25H26Cl2Ti-2. The molecule has 0 aromatic heterocycles. The van der Waals surface area contributed by atoms with Crippen molar-refractivity contribution < 1.29 is 44.8 Å². The summed E-state index contributed by atoms with van der Waals surface area (Å²) in [7, 11) is 0. The van der Waals surface area contributed by atoms with Gasteiger partial charge in [-0.05, 0) is 13.8 Å². The molecule has 0 atom stereocenters. The van der Waals surface area contributed by atoms with Crippen molar-refractivity contribution in [3.8, 4) is 0 Å². The molecule has 5 rings (SSSR count). The summed E-state index contributed by atoms with van der Waals surface area (Å²) >= 11 is 2.26. The Labute approximate surface area is 193 Å². The van der Waals surface area contributed by atoms with Gasteiger partial charge in [0.2, 0.25) is 0 Å². The van der Waals surface area contributed by atoms with Gasteiger partial charge in [0.1, 0.15) is 0 Å². The quantitative estimate of drug-likeness (QED) is 0.357. The summed E-state index contributed by atoms with van der Waals surface area (Å²) < 4.78 is 1.70. The molecule has 0 amide bonds. The number of halogens is 2. The molecule has 0 N–H and O–H groups in total. The number of hydrogen-bond acceptors (Lipinski definition) is 0. The van der Waals surface area contributed by atoms with Crippen LogP contribution in [0.3, 0.4) is 0 Å². The van der Waals surface area contributed by atoms with Crippen LogP contribution in [0.1, 0.15) is 43.2 Å². The Kier molecular flexibility index (Phi) is 11.2. The summed E-state index contributed by atoms with van der Waals surface area (Å²) in [5, 5.41) is 5.46. The van der Waals surface area contributed by atoms with E-state index in [-0.39, 0.29) is 24.8 Å². The van der Waals surface area contributed by atoms with E-state index in [9.17, 15) is 0 Å². The van der Waals surface area contributed by atoms with E-state index in [0.29, 0.717) is 0 Å². The first-order chi connectivity index (χ1) is 12.6. The van der Waals surface area contributed by atoms with Gasteiger partial charge in [-0.25, -0.2) is 12.2 Å². The van der Waals surface area contributed by atoms with Crippen molar-refractivity contribution in [2.75, 3.05) is 0 Å². The summed E-state index contributed by atoms with van der Waals surface area (Å²) in [6.07, 6.45) is 15.7. The zero-order valence-corrected chi connectivity index (χ0v) is 19.6. The second-order valence-electron chi connectivity index (χ2n) is 7.14. The first kappa shape index (κ1) is 25.0. The topological polar surface area (TPSA) is 0 Å². The maximum atomic E-state index is 2.99. The van der Waals surface area contributed by atoms with Gasteiger partial charge in [-0.3, -0.25) is 6.08 Å². The Hall–Kier alpha value is -1.05. The van der Waals surface area contributed by atoms with Crippen LogP contribution in [0.15, 0.2) is 60.7 Å². The summed E-state index contributed by atoms with van der Waals surface area (Å²) in [5.74, 6) is 0. The van der Waals surface area contributed by atoms with Crippen LogP contribution in [0.4, 0.5) is 0 Å². The zero-order chi connectivity index (χ0) is 18.4. The minimum absolute atomic E-state index is 0. The second kappa shape index (κ2) is 12.5. The summed E-state index contributed by atoms with van der Waals surface area (Å²) in [6, 6.07) is 15.6. The monoisotopic (exact) mass is 444 g/mol. The number of aryl methyl sites for hydroxylation is 2. The van der Waals surface area contributed by atoms with E-state index in [2.05, 4.69) is 88.4 Å². The molecule has 0 aliphatic heterocycles. The summed E-state index contributed by atoms with van der Waals surface area (Å²) in [5.41, 5.74) is 2.66. The van der Waals surface area contributed by atoms with E-state index in [1.54, 1.807) is 3.81 Å². The third kappa shape index (κ3) is 7.09. The molecule has 3 heteroatoms. The zero-order valence-electron chi connectivity index (χ0n) is 16.6. The number of allylic oxidation sites excluding steroid dienone is 4. The van der Waals surface area contributed by atoms with Crippen LogP contribution in [0.2, 0.25) is 0 Å². The molecule has 2 aliphatic carbocycles. The van der Waals surface area contributed by atoms with Crippen molar-refractivity contribution >= 4 is 25.4 Å². The standard InChI is InChI=1S/C15H13.C5H8.C5H5.2ClH.Ti/c1-10-3-5-12-9-13-6-4-11(2)8-15(13)14(12)7-10;2*1-2-4-5-3-1;;;/h3-9H,1-2H3;1-4H2;1-3H,4H2;2*1H;/q-1;;-1;;;+2/p-2. The fourth-order valence-electron chi connectivity index (χ4n) is 3.37. The van der Waals surface area contributed by atoms with E-state index in [4.69, 9.17) is 0 Å². The van der Waals surface area contributed by atoms with Crippen LogP contribution >= 0.6 is 0 Å². The molecule has 3 aromatic rings. The van der Waals surface area contributed by atoms with Crippen molar-refractivity contribution in [1.82, 2.24) is 0 Å². The first-order valence-electron chi connectivity index (χ1n) is 9.48. The van der Waals surface area contributed by atoms with Gasteiger partial charge in [0.05, 0.1) is 0 Å². The van der Waals surface area contributed by atoms with Crippen molar-refractivity contribution in [2.45, 2.75) is 46.0 Å². The molecule has 0 heterocycles. The molecular weight excluding hydrogens is 419 g/mol. The molecule has 28 heavy (non-hydrogen) atoms. The molecule has 146 valence electrons. The molecule has 0 unspecified atom stereocenters. The maximum absolute atomic E-state index is 2.99. The molecule has 0 saturated heterocycles. The van der Waals surface area contributed by atoms with E-state index < -0.39 is 0 Å². The molecule has 3 aromatic carbocycles. The number of hydrogen-bond donors (Lipinski definition) is 0. The Balaban J connectivity index is 0.000000252. The Morgan fingerprint density at radius 1 is 0.857 bits per heavy atom. The van der Waals surface area contributed by atoms with Gasteiger partial charge in [0.15, 0.2) is 0 Å². The Morgan fingerprint density at radius 3 is 1.71 bits per heavy atom. The third-order valence-corrected chi connectivity index (χ3v) is 5.59. The SMILES string of the molecule is Cc1ccc2[cH-]c3ccc(C)cc3c2c1.[C-]1=CC=CC1.[Cl-].[Cl-].[Ti+2]=[C]1CCCC1. The Morgan fingerprint density at radius 2 is 1.39 bits per heavy atom. The summed E-state index contributed by atoms with van der Waals surface area (Å²) in [6.45, 7) is 4.29. The Bertz CT molecular complexity index is 889. The molecule has 0 bridgehead atoms. The average Bonchev–Trinajstić information content (AvgIpc) is 3.38. The normalized spacial score (nSPS) is 14.1. The van der Waals surface area contributed by atoms with E-state index in [1.165, 1.54) is 58.4 Å². The summed E-state index contributed by atoms with van der Waals surface area (Å²) in [4.78, 5) is 0. The molecule has 2 aliphatic rings. The van der Waals surface area contributed by atoms with Gasteiger partial charge >= 0.3 is 49.5 Å². The van der Waals surface area contributed by atoms with Crippen molar-refractivity contribution in [1.29, 1.82) is 0 Å². The van der Waals surface area contributed by atoms with Crippen molar-refractivity contribution in [3.05, 3.63) is 77.9 Å². The van der Waals surface area contributed by atoms with Crippen LogP contribution in [0, 0.1) is 19.9 Å². The minimum atomic E-state index is 0. The fourth-order valence-corrected chi connectivity index (χ4v) is 3.92. The van der Waals surface area contributed by atoms with Crippen LogP contribution in [-0.4, -0.2) is 3.81 Å². The van der Waals surface area contributed by atoms with Crippen LogP contribution < -0.4 is 24.8 Å². The van der Waals surface area contributed by atoms with Gasteiger partial charge in [0, 0.05) is 0 Å². The van der Waals surface area contributed by atoms with Crippen LogP contribution in [0.5, 0.6) is 0 Å². The number of fused-ring (bicyclic) bond motifs is 3. The second-order valence-corrected chi connectivity index (χ2v) is 8.24. The average molecular weight is 445 g/mol. The number of benzene rings is 2. The van der Waals surface area contributed by atoms with E-state index in [1.807, 2.05) is 12.2 Å². The number of rotatable bonds is 0. The van der Waals surface area contributed by atoms with Crippen LogP contribution in [-0.2, 0) is 20.0 Å². The first-order valence-corrected chi connectivity index (χ1v) is 10.3. The van der Waals surface area contributed by atoms with E-state index >= 15 is 0 Å². The molecule has 0 spiro atoms. The van der Waals surface area contributed by atoms with Gasteiger partial charge in [-0.2, -0.15) is 6.08 Å². The van der Waals surface area contributed by atoms with Crippen molar-refractivity contribution in [3.63, 3.8) is 0 Å². The molecule has 1 saturated carbocycles. The van der Waals surface area contributed by atoms with Gasteiger partial charge in [0.25, 0.3) is 0 Å². The predicted molar refractivity (Wildman–Crippen MR) is 112 cm³/mol.